The van der Waals surface area contributed by atoms with Crippen LogP contribution in [0.3, 0.4) is 0 Å². The maximum atomic E-state index is 11.9. The molecule has 0 aliphatic carbocycles. The third kappa shape index (κ3) is 9.15. The summed E-state index contributed by atoms with van der Waals surface area (Å²) in [6, 6.07) is 7.00. The summed E-state index contributed by atoms with van der Waals surface area (Å²) >= 11 is 1.67. The second-order valence-corrected chi connectivity index (χ2v) is 6.94. The predicted molar refractivity (Wildman–Crippen MR) is 105 cm³/mol. The number of halogens is 1. The third-order valence-electron chi connectivity index (χ3n) is 3.24. The van der Waals surface area contributed by atoms with Crippen LogP contribution >= 0.6 is 24.2 Å². The van der Waals surface area contributed by atoms with Crippen LogP contribution in [0, 0.1) is 5.92 Å². The van der Waals surface area contributed by atoms with Crippen LogP contribution in [0.15, 0.2) is 24.3 Å². The zero-order valence-corrected chi connectivity index (χ0v) is 16.1. The van der Waals surface area contributed by atoms with Gasteiger partial charge in [-0.15, -0.1) is 12.4 Å². The number of hydrogen-bond donors (Lipinski definition) is 3. The lowest BCUT2D eigenvalue weighted by Gasteiger charge is -2.12. The lowest BCUT2D eigenvalue weighted by molar-refractivity contribution is -0.122. The number of carbonyl (C=O) groups excluding carboxylic acids is 2. The van der Waals surface area contributed by atoms with Crippen molar-refractivity contribution in [1.29, 1.82) is 0 Å². The van der Waals surface area contributed by atoms with E-state index in [1.165, 1.54) is 0 Å². The Balaban J connectivity index is 0.00000529. The molecule has 0 bridgehead atoms. The van der Waals surface area contributed by atoms with Crippen LogP contribution < -0.4 is 16.4 Å². The fourth-order valence-corrected chi connectivity index (χ4v) is 2.53. The molecule has 24 heavy (non-hydrogen) atoms. The maximum absolute atomic E-state index is 11.9. The van der Waals surface area contributed by atoms with E-state index < -0.39 is 6.04 Å². The van der Waals surface area contributed by atoms with E-state index >= 15 is 0 Å². The van der Waals surface area contributed by atoms with Crippen molar-refractivity contribution in [3.8, 4) is 0 Å². The minimum Gasteiger partial charge on any atom is -0.351 e. The molecule has 0 aromatic heterocycles. The zero-order chi connectivity index (χ0) is 17.2. The van der Waals surface area contributed by atoms with E-state index in [0.29, 0.717) is 25.3 Å². The highest BCUT2D eigenvalue weighted by molar-refractivity contribution is 7.98. The average Bonchev–Trinajstić information content (AvgIpc) is 2.49. The zero-order valence-electron chi connectivity index (χ0n) is 14.5. The Labute approximate surface area is 154 Å². The van der Waals surface area contributed by atoms with Crippen LogP contribution in [-0.4, -0.2) is 29.9 Å². The Hall–Kier alpha value is -1.24. The summed E-state index contributed by atoms with van der Waals surface area (Å²) in [7, 11) is 0. The van der Waals surface area contributed by atoms with E-state index in [-0.39, 0.29) is 24.2 Å². The molecular weight excluding hydrogens is 346 g/mol. The molecule has 1 aromatic rings. The number of anilines is 1. The van der Waals surface area contributed by atoms with Crippen molar-refractivity contribution in [2.45, 2.75) is 39.3 Å². The Morgan fingerprint density at radius 3 is 2.62 bits per heavy atom. The Bertz CT molecular complexity index is 526. The first kappa shape index (κ1) is 22.8. The largest absolute Gasteiger partial charge is 0.351 e. The van der Waals surface area contributed by atoms with Crippen molar-refractivity contribution in [3.63, 3.8) is 0 Å². The van der Waals surface area contributed by atoms with E-state index in [1.807, 2.05) is 44.4 Å². The van der Waals surface area contributed by atoms with Gasteiger partial charge in [0.15, 0.2) is 0 Å². The van der Waals surface area contributed by atoms with E-state index in [2.05, 4.69) is 10.6 Å². The average molecular weight is 374 g/mol. The van der Waals surface area contributed by atoms with Crippen LogP contribution in [0.1, 0.15) is 32.3 Å². The number of amides is 2. The molecule has 7 heteroatoms. The van der Waals surface area contributed by atoms with Gasteiger partial charge in [-0.1, -0.05) is 26.0 Å². The van der Waals surface area contributed by atoms with Gasteiger partial charge >= 0.3 is 0 Å². The SMILES string of the molecule is CSCC[C@H](N)C(=O)NCc1cccc(NC(=O)CC(C)C)c1.Cl. The lowest BCUT2D eigenvalue weighted by Crippen LogP contribution is -2.40. The molecule has 2 amide bonds. The second kappa shape index (κ2) is 12.2. The second-order valence-electron chi connectivity index (χ2n) is 5.95. The summed E-state index contributed by atoms with van der Waals surface area (Å²) in [4.78, 5) is 23.7. The number of benzene rings is 1. The minimum atomic E-state index is -0.476. The molecule has 1 aromatic carbocycles. The van der Waals surface area contributed by atoms with Gasteiger partial charge in [0.2, 0.25) is 11.8 Å². The van der Waals surface area contributed by atoms with Crippen molar-refractivity contribution in [3.05, 3.63) is 29.8 Å². The standard InChI is InChI=1S/C17H27N3O2S.ClH/c1-12(2)9-16(21)20-14-6-4-5-13(10-14)11-19-17(22)15(18)7-8-23-3;/h4-6,10,12,15H,7-9,11,18H2,1-3H3,(H,19,22)(H,20,21);1H/t15-;/m0./s1. The molecule has 1 atom stereocenters. The molecule has 1 rings (SSSR count). The third-order valence-corrected chi connectivity index (χ3v) is 3.88. The van der Waals surface area contributed by atoms with Crippen LogP contribution in [0.4, 0.5) is 5.69 Å². The Morgan fingerprint density at radius 1 is 1.29 bits per heavy atom. The van der Waals surface area contributed by atoms with Crippen LogP contribution in [0.2, 0.25) is 0 Å². The molecule has 0 fully saturated rings. The molecule has 0 radical (unpaired) electrons. The Kier molecular flexibility index (Phi) is 11.5. The summed E-state index contributed by atoms with van der Waals surface area (Å²) in [5.74, 6) is 1.04. The van der Waals surface area contributed by atoms with Gasteiger partial charge in [0.25, 0.3) is 0 Å². The molecular formula is C17H28ClN3O2S. The highest BCUT2D eigenvalue weighted by Gasteiger charge is 2.12. The Morgan fingerprint density at radius 2 is 2.00 bits per heavy atom. The minimum absolute atomic E-state index is 0. The highest BCUT2D eigenvalue weighted by Crippen LogP contribution is 2.12. The number of nitrogens with one attached hydrogen (secondary N) is 2. The van der Waals surface area contributed by atoms with Crippen LogP contribution in [-0.2, 0) is 16.1 Å². The van der Waals surface area contributed by atoms with Crippen molar-refractivity contribution >= 4 is 41.7 Å². The van der Waals surface area contributed by atoms with E-state index in [1.54, 1.807) is 11.8 Å². The van der Waals surface area contributed by atoms with Crippen LogP contribution in [0.5, 0.6) is 0 Å². The molecule has 0 aliphatic heterocycles. The molecule has 0 aliphatic rings. The molecule has 0 saturated carbocycles. The van der Waals surface area contributed by atoms with Gasteiger partial charge in [-0.2, -0.15) is 11.8 Å². The van der Waals surface area contributed by atoms with Gasteiger partial charge in [0, 0.05) is 18.7 Å². The first-order valence-electron chi connectivity index (χ1n) is 7.83. The van der Waals surface area contributed by atoms with Gasteiger partial charge in [-0.25, -0.2) is 0 Å². The molecule has 136 valence electrons. The van der Waals surface area contributed by atoms with Crippen LogP contribution in [0.25, 0.3) is 0 Å². The molecule has 0 saturated heterocycles. The fraction of sp³-hybridized carbons (Fsp3) is 0.529. The number of rotatable bonds is 9. The van der Waals surface area contributed by atoms with E-state index in [9.17, 15) is 9.59 Å². The first-order valence-corrected chi connectivity index (χ1v) is 9.22. The van der Waals surface area contributed by atoms with E-state index in [4.69, 9.17) is 5.73 Å². The topological polar surface area (TPSA) is 84.2 Å². The number of nitrogens with two attached hydrogens (primary N) is 1. The number of hydrogen-bond acceptors (Lipinski definition) is 4. The maximum Gasteiger partial charge on any atom is 0.237 e. The summed E-state index contributed by atoms with van der Waals surface area (Å²) < 4.78 is 0. The van der Waals surface area contributed by atoms with Crippen molar-refractivity contribution < 1.29 is 9.59 Å². The molecule has 4 N–H and O–H groups in total. The summed E-state index contributed by atoms with van der Waals surface area (Å²) in [5, 5.41) is 5.71. The lowest BCUT2D eigenvalue weighted by atomic mass is 10.1. The predicted octanol–water partition coefficient (Wildman–Crippen LogP) is 2.79. The molecule has 5 nitrogen and oxygen atoms in total. The van der Waals surface area contributed by atoms with Gasteiger partial charge in [0.1, 0.15) is 0 Å². The molecule has 0 heterocycles. The monoisotopic (exact) mass is 373 g/mol. The molecule has 0 unspecified atom stereocenters. The normalized spacial score (nSPS) is 11.5. The highest BCUT2D eigenvalue weighted by atomic mass is 35.5. The first-order chi connectivity index (χ1) is 10.9. The van der Waals surface area contributed by atoms with Gasteiger partial charge in [-0.3, -0.25) is 9.59 Å². The van der Waals surface area contributed by atoms with Crippen molar-refractivity contribution in [1.82, 2.24) is 5.32 Å². The van der Waals surface area contributed by atoms with Gasteiger partial charge in [-0.05, 0) is 42.0 Å². The van der Waals surface area contributed by atoms with Crippen molar-refractivity contribution in [2.75, 3.05) is 17.3 Å². The summed E-state index contributed by atoms with van der Waals surface area (Å²) in [6.07, 6.45) is 3.15. The van der Waals surface area contributed by atoms with E-state index in [0.717, 1.165) is 17.0 Å². The van der Waals surface area contributed by atoms with Gasteiger partial charge in [0.05, 0.1) is 6.04 Å². The number of thioether (sulfide) groups is 1. The molecule has 0 spiro atoms. The fourth-order valence-electron chi connectivity index (χ4n) is 2.04. The van der Waals surface area contributed by atoms with Crippen molar-refractivity contribution in [2.24, 2.45) is 11.7 Å². The number of carbonyl (C=O) groups is 2. The summed E-state index contributed by atoms with van der Waals surface area (Å²) in [5.41, 5.74) is 7.50. The quantitative estimate of drug-likeness (QED) is 0.621. The smallest absolute Gasteiger partial charge is 0.237 e. The van der Waals surface area contributed by atoms with Gasteiger partial charge < -0.3 is 16.4 Å². The summed E-state index contributed by atoms with van der Waals surface area (Å²) in [6.45, 7) is 4.41.